The summed E-state index contributed by atoms with van der Waals surface area (Å²) in [5.74, 6) is 0.783. The highest BCUT2D eigenvalue weighted by Crippen LogP contribution is 2.41. The number of methoxy groups -OCH3 is 1. The maximum atomic E-state index is 13.1. The van der Waals surface area contributed by atoms with Crippen LogP contribution in [0.1, 0.15) is 73.2 Å². The van der Waals surface area contributed by atoms with E-state index in [1.807, 2.05) is 33.0 Å². The minimum Gasteiger partial charge on any atom is -0.382 e. The molecule has 3 aromatic rings. The van der Waals surface area contributed by atoms with Crippen LogP contribution in [0, 0.1) is 0 Å². The van der Waals surface area contributed by atoms with Crippen LogP contribution in [-0.4, -0.2) is 39.5 Å². The normalized spacial score (nSPS) is 15.3. The second-order valence-electron chi connectivity index (χ2n) is 7.71. The molecule has 148 valence electrons. The first kappa shape index (κ1) is 18.6. The quantitative estimate of drug-likeness (QED) is 0.665. The predicted molar refractivity (Wildman–Crippen MR) is 105 cm³/mol. The highest BCUT2D eigenvalue weighted by Gasteiger charge is 2.29. The summed E-state index contributed by atoms with van der Waals surface area (Å²) in [6, 6.07) is 3.74. The molecule has 4 rings (SSSR count). The van der Waals surface area contributed by atoms with Crippen molar-refractivity contribution in [1.82, 2.24) is 19.9 Å². The Kier molecular flexibility index (Phi) is 4.89. The number of pyridine rings is 1. The van der Waals surface area contributed by atoms with Crippen molar-refractivity contribution in [2.24, 2.45) is 0 Å². The third-order valence-corrected chi connectivity index (χ3v) is 4.99. The van der Waals surface area contributed by atoms with Crippen molar-refractivity contribution in [2.45, 2.75) is 51.5 Å². The smallest absolute Gasteiger partial charge is 0.259 e. The summed E-state index contributed by atoms with van der Waals surface area (Å²) in [7, 11) is 1.65. The fourth-order valence-corrected chi connectivity index (χ4v) is 3.31. The minimum atomic E-state index is -0.232. The number of hydrogen-bond acceptors (Lipinski definition) is 6. The van der Waals surface area contributed by atoms with E-state index < -0.39 is 0 Å². The molecule has 28 heavy (non-hydrogen) atoms. The van der Waals surface area contributed by atoms with Crippen molar-refractivity contribution in [3.8, 4) is 0 Å². The number of amides is 1. The van der Waals surface area contributed by atoms with E-state index in [9.17, 15) is 4.79 Å². The number of carbonyl (C=O) groups excluding carboxylic acids is 1. The van der Waals surface area contributed by atoms with E-state index in [2.05, 4.69) is 20.6 Å². The lowest BCUT2D eigenvalue weighted by Gasteiger charge is -2.10. The molecule has 0 saturated heterocycles. The van der Waals surface area contributed by atoms with Crippen molar-refractivity contribution >= 4 is 22.8 Å². The first-order valence-corrected chi connectivity index (χ1v) is 9.63. The largest absolute Gasteiger partial charge is 0.382 e. The molecule has 0 aromatic carbocycles. The van der Waals surface area contributed by atoms with Gasteiger partial charge in [-0.05, 0) is 31.7 Å². The van der Waals surface area contributed by atoms with Gasteiger partial charge in [0.1, 0.15) is 0 Å². The van der Waals surface area contributed by atoms with Gasteiger partial charge in [0.05, 0.1) is 29.3 Å². The molecule has 0 radical (unpaired) electrons. The molecule has 3 aromatic heterocycles. The molecule has 1 amide bonds. The number of hydrogen-bond donors (Lipinski definition) is 1. The van der Waals surface area contributed by atoms with E-state index in [1.54, 1.807) is 17.9 Å². The van der Waals surface area contributed by atoms with Gasteiger partial charge in [-0.15, -0.1) is 0 Å². The number of aromatic nitrogens is 4. The van der Waals surface area contributed by atoms with Crippen molar-refractivity contribution < 1.29 is 14.1 Å². The molecule has 1 unspecified atom stereocenters. The molecule has 1 saturated carbocycles. The lowest BCUT2D eigenvalue weighted by molar-refractivity contribution is 0.102. The van der Waals surface area contributed by atoms with E-state index in [0.29, 0.717) is 35.0 Å². The molecule has 1 atom stereocenters. The first-order valence-electron chi connectivity index (χ1n) is 9.63. The third kappa shape index (κ3) is 3.52. The van der Waals surface area contributed by atoms with Crippen LogP contribution in [-0.2, 0) is 4.74 Å². The lowest BCUT2D eigenvalue weighted by Crippen LogP contribution is -2.16. The number of rotatable bonds is 7. The predicted octanol–water partition coefficient (Wildman–Crippen LogP) is 3.88. The van der Waals surface area contributed by atoms with E-state index in [-0.39, 0.29) is 17.9 Å². The van der Waals surface area contributed by atoms with Gasteiger partial charge in [-0.1, -0.05) is 19.0 Å². The van der Waals surface area contributed by atoms with E-state index in [4.69, 9.17) is 9.26 Å². The van der Waals surface area contributed by atoms with Crippen LogP contribution in [0.25, 0.3) is 11.1 Å². The first-order chi connectivity index (χ1) is 13.5. The monoisotopic (exact) mass is 383 g/mol. The minimum absolute atomic E-state index is 0.0790. The summed E-state index contributed by atoms with van der Waals surface area (Å²) < 4.78 is 12.4. The van der Waals surface area contributed by atoms with Crippen LogP contribution in [0.5, 0.6) is 0 Å². The van der Waals surface area contributed by atoms with Gasteiger partial charge >= 0.3 is 0 Å². The number of nitrogens with one attached hydrogen (secondary N) is 1. The van der Waals surface area contributed by atoms with Gasteiger partial charge in [-0.25, -0.2) is 4.98 Å². The Balaban J connectivity index is 1.67. The van der Waals surface area contributed by atoms with Gasteiger partial charge < -0.3 is 14.6 Å². The van der Waals surface area contributed by atoms with Gasteiger partial charge in [0.25, 0.3) is 11.6 Å². The zero-order valence-corrected chi connectivity index (χ0v) is 16.6. The number of nitrogens with zero attached hydrogens (tertiary/aromatic N) is 4. The molecule has 1 aliphatic carbocycles. The molecule has 8 nitrogen and oxygen atoms in total. The lowest BCUT2D eigenvalue weighted by atomic mass is 10.0. The average molecular weight is 383 g/mol. The highest BCUT2D eigenvalue weighted by atomic mass is 16.5. The average Bonchev–Trinajstić information content (AvgIpc) is 3.25. The number of carbonyl (C=O) groups is 1. The van der Waals surface area contributed by atoms with Gasteiger partial charge in [-0.2, -0.15) is 5.10 Å². The van der Waals surface area contributed by atoms with Crippen LogP contribution >= 0.6 is 0 Å². The molecule has 0 bridgehead atoms. The fraction of sp³-hybridized carbons (Fsp3) is 0.500. The topological polar surface area (TPSA) is 95.1 Å². The maximum absolute atomic E-state index is 13.1. The van der Waals surface area contributed by atoms with Crippen molar-refractivity contribution in [3.63, 3.8) is 0 Å². The van der Waals surface area contributed by atoms with Crippen LogP contribution in [0.15, 0.2) is 22.9 Å². The molecule has 1 aliphatic rings. The van der Waals surface area contributed by atoms with Crippen LogP contribution in [0.2, 0.25) is 0 Å². The second kappa shape index (κ2) is 7.35. The summed E-state index contributed by atoms with van der Waals surface area (Å²) in [6.07, 6.45) is 4.01. The second-order valence-corrected chi connectivity index (χ2v) is 7.71. The molecule has 0 aliphatic heterocycles. The number of ether oxygens (including phenoxy) is 1. The van der Waals surface area contributed by atoms with Crippen LogP contribution < -0.4 is 5.32 Å². The summed E-state index contributed by atoms with van der Waals surface area (Å²) >= 11 is 0. The summed E-state index contributed by atoms with van der Waals surface area (Å²) in [6.45, 7) is 6.59. The van der Waals surface area contributed by atoms with Crippen LogP contribution in [0.3, 0.4) is 0 Å². The Hall–Kier alpha value is -2.74. The molecule has 3 heterocycles. The van der Waals surface area contributed by atoms with Gasteiger partial charge in [0, 0.05) is 31.0 Å². The van der Waals surface area contributed by atoms with Crippen LogP contribution in [0.4, 0.5) is 5.82 Å². The Morgan fingerprint density at radius 3 is 2.86 bits per heavy atom. The number of anilines is 1. The Labute approximate surface area is 163 Å². The van der Waals surface area contributed by atoms with Crippen molar-refractivity contribution in [1.29, 1.82) is 0 Å². The zero-order valence-electron chi connectivity index (χ0n) is 16.6. The molecule has 8 heteroatoms. The van der Waals surface area contributed by atoms with E-state index >= 15 is 0 Å². The SMILES string of the molecule is COCC(C)n1ccc(NC(=O)c2cc(C3CC3)nc3onc(C(C)C)c23)n1. The highest BCUT2D eigenvalue weighted by molar-refractivity contribution is 6.12. The summed E-state index contributed by atoms with van der Waals surface area (Å²) in [4.78, 5) is 17.7. The molecular weight excluding hydrogens is 358 g/mol. The maximum Gasteiger partial charge on any atom is 0.259 e. The molecule has 0 spiro atoms. The summed E-state index contributed by atoms with van der Waals surface area (Å²) in [5, 5.41) is 12.2. The van der Waals surface area contributed by atoms with Gasteiger partial charge in [0.15, 0.2) is 5.82 Å². The van der Waals surface area contributed by atoms with E-state index in [1.165, 1.54) is 0 Å². The molecule has 1 N–H and O–H groups in total. The Morgan fingerprint density at radius 1 is 1.39 bits per heavy atom. The van der Waals surface area contributed by atoms with Crippen molar-refractivity contribution in [3.05, 3.63) is 35.3 Å². The van der Waals surface area contributed by atoms with Gasteiger partial charge in [0.2, 0.25) is 0 Å². The number of fused-ring (bicyclic) bond motifs is 1. The van der Waals surface area contributed by atoms with Gasteiger partial charge in [-0.3, -0.25) is 9.48 Å². The fourth-order valence-electron chi connectivity index (χ4n) is 3.31. The third-order valence-electron chi connectivity index (χ3n) is 4.99. The van der Waals surface area contributed by atoms with Crippen molar-refractivity contribution in [2.75, 3.05) is 19.0 Å². The van der Waals surface area contributed by atoms with E-state index in [0.717, 1.165) is 24.2 Å². The molecular formula is C20H25N5O3. The Morgan fingerprint density at radius 2 is 2.18 bits per heavy atom. The standard InChI is InChI=1S/C20H25N5O3/c1-11(2)18-17-14(9-15(13-5-6-13)21-20(17)28-24-18)19(26)22-16-7-8-25(23-16)12(3)10-27-4/h7-9,11-13H,5-6,10H2,1-4H3,(H,22,23,26). The zero-order chi connectivity index (χ0) is 19.8. The summed E-state index contributed by atoms with van der Waals surface area (Å²) in [5.41, 5.74) is 2.60. The Bertz CT molecular complexity index is 1000. The molecule has 1 fully saturated rings.